The van der Waals surface area contributed by atoms with Gasteiger partial charge in [-0.1, -0.05) is 39.3 Å². The normalized spacial score (nSPS) is 11.9. The van der Waals surface area contributed by atoms with Gasteiger partial charge < -0.3 is 0 Å². The third-order valence-electron chi connectivity index (χ3n) is 1.24. The molecular weight excluding hydrogens is 132 g/mol. The molecule has 0 N–H and O–H groups in total. The minimum Gasteiger partial charge on any atom is -0.106 e. The molecule has 11 heavy (non-hydrogen) atoms. The van der Waals surface area contributed by atoms with Crippen LogP contribution >= 0.6 is 0 Å². The SMILES string of the molecule is C=C.CC/C(C)=C\C(C)(C)C. The van der Waals surface area contributed by atoms with Crippen molar-refractivity contribution in [2.24, 2.45) is 5.41 Å². The average molecular weight is 154 g/mol. The summed E-state index contributed by atoms with van der Waals surface area (Å²) in [5.41, 5.74) is 1.85. The van der Waals surface area contributed by atoms with E-state index in [4.69, 9.17) is 0 Å². The molecule has 66 valence electrons. The second-order valence-corrected chi connectivity index (χ2v) is 3.71. The van der Waals surface area contributed by atoms with Crippen LogP contribution in [-0.2, 0) is 0 Å². The van der Waals surface area contributed by atoms with Crippen LogP contribution in [0.1, 0.15) is 41.0 Å². The van der Waals surface area contributed by atoms with Gasteiger partial charge in [0.2, 0.25) is 0 Å². The molecule has 0 nitrogen and oxygen atoms in total. The second-order valence-electron chi connectivity index (χ2n) is 3.71. The van der Waals surface area contributed by atoms with Crippen LogP contribution in [0.15, 0.2) is 24.8 Å². The molecule has 0 amide bonds. The molecule has 0 heteroatoms. The van der Waals surface area contributed by atoms with Crippen molar-refractivity contribution in [3.63, 3.8) is 0 Å². The fourth-order valence-electron chi connectivity index (χ4n) is 0.841. The Kier molecular flexibility index (Phi) is 7.39. The van der Waals surface area contributed by atoms with Crippen LogP contribution in [0.5, 0.6) is 0 Å². The lowest BCUT2D eigenvalue weighted by atomic mass is 9.93. The van der Waals surface area contributed by atoms with E-state index in [0.717, 1.165) is 0 Å². The first-order valence-electron chi connectivity index (χ1n) is 4.14. The lowest BCUT2D eigenvalue weighted by molar-refractivity contribution is 0.538. The molecular formula is C11H22. The monoisotopic (exact) mass is 154 g/mol. The maximum Gasteiger partial charge on any atom is -0.0201 e. The molecule has 0 fully saturated rings. The predicted octanol–water partition coefficient (Wildman–Crippen LogP) is 4.19. The van der Waals surface area contributed by atoms with E-state index in [0.29, 0.717) is 5.41 Å². The molecule has 0 unspecified atom stereocenters. The summed E-state index contributed by atoms with van der Waals surface area (Å²) < 4.78 is 0. The minimum atomic E-state index is 0.361. The fourth-order valence-corrected chi connectivity index (χ4v) is 0.841. The van der Waals surface area contributed by atoms with E-state index in [-0.39, 0.29) is 0 Å². The molecule has 0 aliphatic rings. The van der Waals surface area contributed by atoms with Crippen molar-refractivity contribution >= 4 is 0 Å². The Hall–Kier alpha value is -0.520. The van der Waals surface area contributed by atoms with Gasteiger partial charge in [0.05, 0.1) is 0 Å². The molecule has 0 aliphatic heterocycles. The molecule has 0 aromatic rings. The van der Waals surface area contributed by atoms with E-state index in [2.05, 4.69) is 53.9 Å². The zero-order valence-corrected chi connectivity index (χ0v) is 8.70. The van der Waals surface area contributed by atoms with Crippen LogP contribution in [0.2, 0.25) is 0 Å². The van der Waals surface area contributed by atoms with Crippen molar-refractivity contribution in [1.29, 1.82) is 0 Å². The molecule has 0 atom stereocenters. The van der Waals surface area contributed by atoms with Gasteiger partial charge in [-0.3, -0.25) is 0 Å². The van der Waals surface area contributed by atoms with Gasteiger partial charge in [-0.25, -0.2) is 0 Å². The van der Waals surface area contributed by atoms with Gasteiger partial charge in [0.1, 0.15) is 0 Å². The van der Waals surface area contributed by atoms with Crippen molar-refractivity contribution < 1.29 is 0 Å². The standard InChI is InChI=1S/C9H18.C2H4/c1-6-8(2)7-9(3,4)5;1-2/h7H,6H2,1-5H3;1-2H2/b8-7-;. The Bertz CT molecular complexity index is 112. The summed E-state index contributed by atoms with van der Waals surface area (Å²) in [5.74, 6) is 0. The molecule has 0 spiro atoms. The number of allylic oxidation sites excluding steroid dienone is 2. The van der Waals surface area contributed by atoms with Crippen LogP contribution in [0.4, 0.5) is 0 Å². The van der Waals surface area contributed by atoms with Crippen molar-refractivity contribution in [3.05, 3.63) is 24.8 Å². The molecule has 0 saturated carbocycles. The van der Waals surface area contributed by atoms with E-state index in [1.807, 2.05) is 0 Å². The van der Waals surface area contributed by atoms with E-state index < -0.39 is 0 Å². The highest BCUT2D eigenvalue weighted by Gasteiger charge is 2.04. The quantitative estimate of drug-likeness (QED) is 0.497. The van der Waals surface area contributed by atoms with Gasteiger partial charge in [0, 0.05) is 0 Å². The summed E-state index contributed by atoms with van der Waals surface area (Å²) >= 11 is 0. The molecule has 0 saturated heterocycles. The topological polar surface area (TPSA) is 0 Å². The van der Waals surface area contributed by atoms with Crippen molar-refractivity contribution in [2.75, 3.05) is 0 Å². The van der Waals surface area contributed by atoms with E-state index in [1.165, 1.54) is 12.0 Å². The third kappa shape index (κ3) is 12.6. The van der Waals surface area contributed by atoms with E-state index >= 15 is 0 Å². The van der Waals surface area contributed by atoms with E-state index in [1.54, 1.807) is 0 Å². The number of hydrogen-bond donors (Lipinski definition) is 0. The average Bonchev–Trinajstić information content (AvgIpc) is 1.89. The maximum absolute atomic E-state index is 3.00. The second kappa shape index (κ2) is 6.21. The summed E-state index contributed by atoms with van der Waals surface area (Å²) in [6, 6.07) is 0. The van der Waals surface area contributed by atoms with Gasteiger partial charge in [-0.15, -0.1) is 13.2 Å². The predicted molar refractivity (Wildman–Crippen MR) is 54.8 cm³/mol. The zero-order chi connectivity index (χ0) is 9.49. The summed E-state index contributed by atoms with van der Waals surface area (Å²) in [4.78, 5) is 0. The summed E-state index contributed by atoms with van der Waals surface area (Å²) in [7, 11) is 0. The molecule has 0 aromatic heterocycles. The van der Waals surface area contributed by atoms with E-state index in [9.17, 15) is 0 Å². The largest absolute Gasteiger partial charge is 0.106 e. The smallest absolute Gasteiger partial charge is 0.0201 e. The zero-order valence-electron chi connectivity index (χ0n) is 8.70. The van der Waals surface area contributed by atoms with Crippen LogP contribution < -0.4 is 0 Å². The summed E-state index contributed by atoms with van der Waals surface area (Å²) in [6.07, 6.45) is 3.50. The highest BCUT2D eigenvalue weighted by molar-refractivity contribution is 5.02. The molecule has 0 aliphatic carbocycles. The highest BCUT2D eigenvalue weighted by Crippen LogP contribution is 2.18. The highest BCUT2D eigenvalue weighted by atomic mass is 14.1. The van der Waals surface area contributed by atoms with Crippen molar-refractivity contribution in [3.8, 4) is 0 Å². The number of rotatable bonds is 1. The van der Waals surface area contributed by atoms with Crippen LogP contribution in [0.25, 0.3) is 0 Å². The molecule has 0 radical (unpaired) electrons. The lowest BCUT2D eigenvalue weighted by Crippen LogP contribution is -1.99. The van der Waals surface area contributed by atoms with Gasteiger partial charge >= 0.3 is 0 Å². The Morgan fingerprint density at radius 1 is 1.27 bits per heavy atom. The first-order chi connectivity index (χ1) is 4.95. The number of hydrogen-bond acceptors (Lipinski definition) is 0. The molecule has 0 bridgehead atoms. The minimum absolute atomic E-state index is 0.361. The van der Waals surface area contributed by atoms with Gasteiger partial charge in [0.15, 0.2) is 0 Å². The fraction of sp³-hybridized carbons (Fsp3) is 0.636. The molecule has 0 rings (SSSR count). The van der Waals surface area contributed by atoms with Crippen LogP contribution in [-0.4, -0.2) is 0 Å². The van der Waals surface area contributed by atoms with Gasteiger partial charge in [-0.2, -0.15) is 0 Å². The lowest BCUT2D eigenvalue weighted by Gasteiger charge is -2.13. The molecule has 0 aromatic carbocycles. The van der Waals surface area contributed by atoms with Crippen molar-refractivity contribution in [1.82, 2.24) is 0 Å². The third-order valence-corrected chi connectivity index (χ3v) is 1.24. The first-order valence-corrected chi connectivity index (χ1v) is 4.14. The van der Waals surface area contributed by atoms with Gasteiger partial charge in [-0.05, 0) is 18.8 Å². The van der Waals surface area contributed by atoms with Gasteiger partial charge in [0.25, 0.3) is 0 Å². The Labute approximate surface area is 72.0 Å². The summed E-state index contributed by atoms with van der Waals surface area (Å²) in [5, 5.41) is 0. The Balaban J connectivity index is 0. The molecule has 0 heterocycles. The first kappa shape index (κ1) is 13.1. The Morgan fingerprint density at radius 2 is 1.64 bits per heavy atom. The van der Waals surface area contributed by atoms with Crippen LogP contribution in [0, 0.1) is 5.41 Å². The Morgan fingerprint density at radius 3 is 1.73 bits per heavy atom. The summed E-state index contributed by atoms with van der Waals surface area (Å²) in [6.45, 7) is 17.1. The van der Waals surface area contributed by atoms with Crippen molar-refractivity contribution in [2.45, 2.75) is 41.0 Å². The maximum atomic E-state index is 3.00. The van der Waals surface area contributed by atoms with Crippen LogP contribution in [0.3, 0.4) is 0 Å².